The molecule has 1 fully saturated rings. The van der Waals surface area contributed by atoms with Gasteiger partial charge in [-0.3, -0.25) is 4.72 Å². The molecule has 0 spiro atoms. The zero-order chi connectivity index (χ0) is 25.1. The first-order chi connectivity index (χ1) is 17.4. The maximum absolute atomic E-state index is 13.6. The number of benzene rings is 3. The average molecular weight is 526 g/mol. The van der Waals surface area contributed by atoms with Gasteiger partial charge in [-0.25, -0.2) is 27.1 Å². The summed E-state index contributed by atoms with van der Waals surface area (Å²) in [5.41, 5.74) is 2.17. The molecule has 0 saturated carbocycles. The molecule has 4 aromatic rings. The summed E-state index contributed by atoms with van der Waals surface area (Å²) in [7, 11) is -4.05. The number of hydrogen-bond donors (Lipinski definition) is 2. The number of rotatable bonds is 7. The molecule has 1 aliphatic heterocycles. The van der Waals surface area contributed by atoms with E-state index in [1.165, 1.54) is 12.1 Å². The van der Waals surface area contributed by atoms with Crippen LogP contribution < -0.4 is 10.0 Å². The Balaban J connectivity index is 1.47. The first-order valence-electron chi connectivity index (χ1n) is 11.3. The number of morpholine rings is 1. The number of aryl methyl sites for hydroxylation is 1. The molecular formula is C25H24FN5O3S2. The lowest BCUT2D eigenvalue weighted by atomic mass is 10.2. The van der Waals surface area contributed by atoms with Gasteiger partial charge in [0.05, 0.1) is 29.1 Å². The number of ether oxygens (including phenoxy) is 1. The van der Waals surface area contributed by atoms with E-state index in [0.717, 1.165) is 29.7 Å². The smallest absolute Gasteiger partial charge is 0.263 e. The van der Waals surface area contributed by atoms with Gasteiger partial charge in [0.15, 0.2) is 11.6 Å². The molecule has 0 radical (unpaired) electrons. The predicted octanol–water partition coefficient (Wildman–Crippen LogP) is 4.96. The van der Waals surface area contributed by atoms with Gasteiger partial charge in [-0.05, 0) is 73.0 Å². The molecule has 0 aliphatic carbocycles. The Bertz CT molecular complexity index is 1510. The quantitative estimate of drug-likeness (QED) is 0.327. The number of aromatic nitrogens is 2. The Kier molecular flexibility index (Phi) is 7.06. The summed E-state index contributed by atoms with van der Waals surface area (Å²) in [5, 5.41) is 3.22. The fraction of sp³-hybridized carbons (Fsp3) is 0.200. The van der Waals surface area contributed by atoms with Crippen LogP contribution in [0.4, 0.5) is 21.7 Å². The van der Waals surface area contributed by atoms with E-state index in [1.807, 2.05) is 30.3 Å². The molecule has 2 heterocycles. The molecule has 3 aromatic carbocycles. The fourth-order valence-electron chi connectivity index (χ4n) is 3.81. The maximum Gasteiger partial charge on any atom is 0.263 e. The minimum atomic E-state index is -4.05. The number of hydrogen-bond acceptors (Lipinski definition) is 8. The molecule has 0 atom stereocenters. The van der Waals surface area contributed by atoms with E-state index in [2.05, 4.69) is 24.3 Å². The van der Waals surface area contributed by atoms with Gasteiger partial charge in [-0.1, -0.05) is 18.2 Å². The molecule has 11 heteroatoms. The van der Waals surface area contributed by atoms with Gasteiger partial charge < -0.3 is 10.1 Å². The van der Waals surface area contributed by atoms with Crippen LogP contribution in [0.5, 0.6) is 0 Å². The third-order valence-electron chi connectivity index (χ3n) is 5.53. The van der Waals surface area contributed by atoms with Gasteiger partial charge in [0, 0.05) is 23.7 Å². The van der Waals surface area contributed by atoms with E-state index in [-0.39, 0.29) is 16.5 Å². The summed E-state index contributed by atoms with van der Waals surface area (Å²) in [6.45, 7) is 4.63. The number of nitrogens with one attached hydrogen (secondary N) is 2. The van der Waals surface area contributed by atoms with Crippen LogP contribution in [0.1, 0.15) is 5.56 Å². The zero-order valence-corrected chi connectivity index (χ0v) is 21.1. The number of fused-ring (bicyclic) bond motifs is 1. The molecular weight excluding hydrogens is 501 g/mol. The van der Waals surface area contributed by atoms with Gasteiger partial charge in [0.1, 0.15) is 5.82 Å². The van der Waals surface area contributed by atoms with Crippen LogP contribution in [0.2, 0.25) is 0 Å². The van der Waals surface area contributed by atoms with Crippen LogP contribution in [0, 0.1) is 12.7 Å². The molecule has 1 saturated heterocycles. The lowest BCUT2D eigenvalue weighted by Gasteiger charge is -2.25. The Morgan fingerprint density at radius 2 is 1.67 bits per heavy atom. The highest BCUT2D eigenvalue weighted by Gasteiger charge is 2.21. The van der Waals surface area contributed by atoms with Crippen LogP contribution in [0.25, 0.3) is 11.0 Å². The minimum Gasteiger partial charge on any atom is -0.379 e. The van der Waals surface area contributed by atoms with Crippen molar-refractivity contribution in [2.45, 2.75) is 16.7 Å². The topological polar surface area (TPSA) is 96.5 Å². The third-order valence-corrected chi connectivity index (χ3v) is 8.12. The molecule has 0 amide bonds. The van der Waals surface area contributed by atoms with E-state index in [9.17, 15) is 12.8 Å². The van der Waals surface area contributed by atoms with Crippen LogP contribution in [-0.4, -0.2) is 49.0 Å². The van der Waals surface area contributed by atoms with Crippen molar-refractivity contribution in [3.63, 3.8) is 0 Å². The standard InChI is InChI=1S/C25H24FN5O3S2/c1-17-15-18(26)9-10-23(17)36(32,33)30-25-24(28-21-7-2-3-8-22(21)29-25)27-19-5-4-6-20(16-19)35-31-11-13-34-14-12-31/h2-10,15-16H,11-14H2,1H3,(H,27,28)(H,29,30). The monoisotopic (exact) mass is 525 g/mol. The normalized spacial score (nSPS) is 14.6. The van der Waals surface area contributed by atoms with Gasteiger partial charge >= 0.3 is 0 Å². The summed E-state index contributed by atoms with van der Waals surface area (Å²) >= 11 is 1.64. The van der Waals surface area contributed by atoms with Crippen molar-refractivity contribution < 1.29 is 17.5 Å². The number of anilines is 3. The Morgan fingerprint density at radius 3 is 2.39 bits per heavy atom. The summed E-state index contributed by atoms with van der Waals surface area (Å²) in [6, 6.07) is 18.5. The number of para-hydroxylation sites is 2. The van der Waals surface area contributed by atoms with Gasteiger partial charge in [-0.15, -0.1) is 0 Å². The highest BCUT2D eigenvalue weighted by Crippen LogP contribution is 2.31. The number of sulfonamides is 1. The van der Waals surface area contributed by atoms with Crippen molar-refractivity contribution >= 4 is 50.3 Å². The second kappa shape index (κ2) is 10.4. The molecule has 5 rings (SSSR count). The first-order valence-corrected chi connectivity index (χ1v) is 13.6. The molecule has 1 aromatic heterocycles. The Hall–Kier alpha value is -3.25. The summed E-state index contributed by atoms with van der Waals surface area (Å²) in [4.78, 5) is 10.2. The van der Waals surface area contributed by atoms with E-state index in [4.69, 9.17) is 4.74 Å². The first kappa shape index (κ1) is 24.4. The predicted molar refractivity (Wildman–Crippen MR) is 139 cm³/mol. The highest BCUT2D eigenvalue weighted by atomic mass is 32.2. The largest absolute Gasteiger partial charge is 0.379 e. The van der Waals surface area contributed by atoms with Gasteiger partial charge in [-0.2, -0.15) is 0 Å². The van der Waals surface area contributed by atoms with E-state index in [0.29, 0.717) is 29.8 Å². The van der Waals surface area contributed by atoms with Crippen LogP contribution >= 0.6 is 11.9 Å². The molecule has 8 nitrogen and oxygen atoms in total. The van der Waals surface area contributed by atoms with Crippen molar-refractivity contribution in [2.24, 2.45) is 0 Å². The molecule has 2 N–H and O–H groups in total. The second-order valence-electron chi connectivity index (χ2n) is 8.21. The molecule has 36 heavy (non-hydrogen) atoms. The number of halogens is 1. The minimum absolute atomic E-state index is 0.0336. The van der Waals surface area contributed by atoms with Gasteiger partial charge in [0.25, 0.3) is 10.0 Å². The van der Waals surface area contributed by atoms with Crippen molar-refractivity contribution in [1.82, 2.24) is 14.3 Å². The van der Waals surface area contributed by atoms with Crippen LogP contribution in [0.3, 0.4) is 0 Å². The molecule has 0 bridgehead atoms. The summed E-state index contributed by atoms with van der Waals surface area (Å²) < 4.78 is 50.2. The van der Waals surface area contributed by atoms with E-state index in [1.54, 1.807) is 37.1 Å². The second-order valence-corrected chi connectivity index (χ2v) is 11.0. The third kappa shape index (κ3) is 5.59. The van der Waals surface area contributed by atoms with E-state index < -0.39 is 15.8 Å². The summed E-state index contributed by atoms with van der Waals surface area (Å²) in [5.74, 6) is -0.205. The van der Waals surface area contributed by atoms with Gasteiger partial charge in [0.2, 0.25) is 0 Å². The highest BCUT2D eigenvalue weighted by molar-refractivity contribution is 7.97. The van der Waals surface area contributed by atoms with Crippen molar-refractivity contribution in [3.8, 4) is 0 Å². The fourth-order valence-corrected chi connectivity index (χ4v) is 5.99. The molecule has 0 unspecified atom stereocenters. The van der Waals surface area contributed by atoms with Crippen LogP contribution in [-0.2, 0) is 14.8 Å². The maximum atomic E-state index is 13.6. The zero-order valence-electron chi connectivity index (χ0n) is 19.4. The SMILES string of the molecule is Cc1cc(F)ccc1S(=O)(=O)Nc1nc2ccccc2nc1Nc1cccc(SN2CCOCC2)c1. The Labute approximate surface area is 213 Å². The number of nitrogens with zero attached hydrogens (tertiary/aromatic N) is 3. The van der Waals surface area contributed by atoms with Crippen LogP contribution in [0.15, 0.2) is 76.5 Å². The van der Waals surface area contributed by atoms with Crippen molar-refractivity contribution in [2.75, 3.05) is 36.3 Å². The Morgan fingerprint density at radius 1 is 0.944 bits per heavy atom. The average Bonchev–Trinajstić information content (AvgIpc) is 2.85. The lowest BCUT2D eigenvalue weighted by molar-refractivity contribution is 0.0773. The summed E-state index contributed by atoms with van der Waals surface area (Å²) in [6.07, 6.45) is 0. The molecule has 1 aliphatic rings. The molecule has 186 valence electrons. The van der Waals surface area contributed by atoms with E-state index >= 15 is 0 Å². The van der Waals surface area contributed by atoms with Crippen molar-refractivity contribution in [1.29, 1.82) is 0 Å². The van der Waals surface area contributed by atoms with Crippen molar-refractivity contribution in [3.05, 3.63) is 78.1 Å². The lowest BCUT2D eigenvalue weighted by Crippen LogP contribution is -2.30.